The lowest BCUT2D eigenvalue weighted by Gasteiger charge is -2.14. The molecular formula is C21H13BrN2O4S. The predicted octanol–water partition coefficient (Wildman–Crippen LogP) is 4.19. The van der Waals surface area contributed by atoms with Crippen molar-refractivity contribution in [2.24, 2.45) is 0 Å². The lowest BCUT2D eigenvalue weighted by molar-refractivity contribution is -0.117. The van der Waals surface area contributed by atoms with Gasteiger partial charge in [-0.05, 0) is 59.5 Å². The van der Waals surface area contributed by atoms with Crippen LogP contribution in [0.15, 0.2) is 76.1 Å². The van der Waals surface area contributed by atoms with E-state index in [1.54, 1.807) is 66.0 Å². The fourth-order valence-electron chi connectivity index (χ4n) is 2.72. The largest absolute Gasteiger partial charge is 0.422 e. The average molecular weight is 469 g/mol. The highest BCUT2D eigenvalue weighted by atomic mass is 79.9. The first-order valence-corrected chi connectivity index (χ1v) is 10.2. The normalized spacial score (nSPS) is 14.9. The summed E-state index contributed by atoms with van der Waals surface area (Å²) in [6, 6.07) is 17.1. The summed E-state index contributed by atoms with van der Waals surface area (Å²) >= 11 is 4.62. The quantitative estimate of drug-likeness (QED) is 0.269. The van der Waals surface area contributed by atoms with Gasteiger partial charge in [0.15, 0.2) is 0 Å². The van der Waals surface area contributed by atoms with Gasteiger partial charge in [0, 0.05) is 4.47 Å². The van der Waals surface area contributed by atoms with Crippen molar-refractivity contribution in [3.63, 3.8) is 0 Å². The van der Waals surface area contributed by atoms with Crippen LogP contribution in [0.25, 0.3) is 6.08 Å². The number of esters is 1. The molecule has 4 rings (SSSR count). The molecule has 6 nitrogen and oxygen atoms in total. The van der Waals surface area contributed by atoms with Gasteiger partial charge < -0.3 is 4.74 Å². The number of hydrogen-bond acceptors (Lipinski definition) is 5. The second-order valence-electron chi connectivity index (χ2n) is 6.06. The zero-order valence-electron chi connectivity index (χ0n) is 14.8. The summed E-state index contributed by atoms with van der Waals surface area (Å²) in [5, 5.41) is 2.99. The Bertz CT molecular complexity index is 1120. The van der Waals surface area contributed by atoms with Gasteiger partial charge in [-0.25, -0.2) is 9.80 Å². The third kappa shape index (κ3) is 4.13. The summed E-state index contributed by atoms with van der Waals surface area (Å²) < 4.78 is 6.23. The molecule has 2 amide bonds. The number of hydrazine groups is 1. The van der Waals surface area contributed by atoms with Crippen LogP contribution >= 0.6 is 27.3 Å². The van der Waals surface area contributed by atoms with Crippen molar-refractivity contribution in [1.82, 2.24) is 5.43 Å². The van der Waals surface area contributed by atoms with Crippen LogP contribution in [-0.4, -0.2) is 17.8 Å². The van der Waals surface area contributed by atoms with Crippen molar-refractivity contribution in [3.8, 4) is 5.75 Å². The molecule has 0 saturated carbocycles. The Morgan fingerprint density at radius 2 is 1.86 bits per heavy atom. The Morgan fingerprint density at radius 3 is 2.59 bits per heavy atom. The molecule has 1 aliphatic rings. The van der Waals surface area contributed by atoms with E-state index >= 15 is 0 Å². The minimum atomic E-state index is -0.501. The first-order valence-electron chi connectivity index (χ1n) is 8.50. The molecule has 0 atom stereocenters. The molecule has 0 spiro atoms. The Morgan fingerprint density at radius 1 is 1.07 bits per heavy atom. The molecule has 29 heavy (non-hydrogen) atoms. The van der Waals surface area contributed by atoms with E-state index in [0.717, 1.165) is 4.47 Å². The van der Waals surface area contributed by atoms with Gasteiger partial charge >= 0.3 is 5.97 Å². The van der Waals surface area contributed by atoms with Crippen molar-refractivity contribution in [2.75, 3.05) is 5.01 Å². The van der Waals surface area contributed by atoms with E-state index in [0.29, 0.717) is 21.9 Å². The van der Waals surface area contributed by atoms with E-state index in [1.807, 2.05) is 0 Å². The molecule has 1 fully saturated rings. The molecule has 0 bridgehead atoms. The van der Waals surface area contributed by atoms with Gasteiger partial charge in [-0.3, -0.25) is 15.0 Å². The topological polar surface area (TPSA) is 75.7 Å². The van der Waals surface area contributed by atoms with Gasteiger partial charge in [0.25, 0.3) is 11.8 Å². The molecule has 1 saturated heterocycles. The van der Waals surface area contributed by atoms with Crippen LogP contribution in [0.1, 0.15) is 15.2 Å². The molecule has 0 aliphatic carbocycles. The number of nitrogens with one attached hydrogen (secondary N) is 1. The fourth-order valence-corrected chi connectivity index (χ4v) is 3.58. The minimum Gasteiger partial charge on any atom is -0.422 e. The van der Waals surface area contributed by atoms with Crippen molar-refractivity contribution < 1.29 is 19.1 Å². The average Bonchev–Trinajstić information content (AvgIpc) is 3.34. The number of nitrogens with zero attached hydrogens (tertiary/aromatic N) is 1. The summed E-state index contributed by atoms with van der Waals surface area (Å²) in [5.41, 5.74) is 3.66. The summed E-state index contributed by atoms with van der Waals surface area (Å²) in [7, 11) is 0. The molecule has 1 aliphatic heterocycles. The molecule has 2 heterocycles. The van der Waals surface area contributed by atoms with Gasteiger partial charge in [0.2, 0.25) is 0 Å². The summed E-state index contributed by atoms with van der Waals surface area (Å²) in [4.78, 5) is 37.6. The number of ether oxygens (including phenoxy) is 1. The van der Waals surface area contributed by atoms with E-state index in [-0.39, 0.29) is 5.57 Å². The highest BCUT2D eigenvalue weighted by Crippen LogP contribution is 2.24. The van der Waals surface area contributed by atoms with Crippen molar-refractivity contribution in [3.05, 3.63) is 86.5 Å². The van der Waals surface area contributed by atoms with Gasteiger partial charge in [0.1, 0.15) is 16.2 Å². The van der Waals surface area contributed by atoms with E-state index in [9.17, 15) is 14.4 Å². The third-order valence-electron chi connectivity index (χ3n) is 4.08. The number of carbonyl (C=O) groups is 3. The van der Waals surface area contributed by atoms with Crippen LogP contribution in [0.2, 0.25) is 0 Å². The van der Waals surface area contributed by atoms with Crippen LogP contribution in [0.5, 0.6) is 5.75 Å². The fraction of sp³-hybridized carbons (Fsp3) is 0. The van der Waals surface area contributed by atoms with E-state index in [1.165, 1.54) is 22.4 Å². The molecule has 1 aromatic heterocycles. The van der Waals surface area contributed by atoms with E-state index < -0.39 is 17.8 Å². The monoisotopic (exact) mass is 468 g/mol. The van der Waals surface area contributed by atoms with Gasteiger partial charge in [0.05, 0.1) is 5.69 Å². The van der Waals surface area contributed by atoms with Crippen LogP contribution in [-0.2, 0) is 9.59 Å². The number of anilines is 1. The maximum atomic E-state index is 12.7. The number of rotatable bonds is 4. The second kappa shape index (κ2) is 8.02. The van der Waals surface area contributed by atoms with Crippen molar-refractivity contribution >= 4 is 56.8 Å². The van der Waals surface area contributed by atoms with Gasteiger partial charge in [-0.15, -0.1) is 11.3 Å². The Kier molecular flexibility index (Phi) is 5.28. The van der Waals surface area contributed by atoms with Crippen LogP contribution < -0.4 is 15.2 Å². The van der Waals surface area contributed by atoms with E-state index in [4.69, 9.17) is 4.74 Å². The highest BCUT2D eigenvalue weighted by Gasteiger charge is 2.34. The smallest absolute Gasteiger partial charge is 0.353 e. The second-order valence-corrected chi connectivity index (χ2v) is 7.92. The zero-order chi connectivity index (χ0) is 20.4. The van der Waals surface area contributed by atoms with Crippen LogP contribution in [0.3, 0.4) is 0 Å². The molecule has 0 radical (unpaired) electrons. The minimum absolute atomic E-state index is 0.00495. The Balaban J connectivity index is 1.56. The first-order chi connectivity index (χ1) is 14.0. The number of thiophene rings is 1. The van der Waals surface area contributed by atoms with Crippen molar-refractivity contribution in [1.29, 1.82) is 0 Å². The number of carbonyl (C=O) groups excluding carboxylic acids is 3. The number of hydrogen-bond donors (Lipinski definition) is 1. The molecule has 144 valence electrons. The summed E-state index contributed by atoms with van der Waals surface area (Å²) in [6.07, 6.45) is 1.47. The number of benzene rings is 2. The maximum Gasteiger partial charge on any atom is 0.353 e. The summed E-state index contributed by atoms with van der Waals surface area (Å²) in [6.45, 7) is 0. The summed E-state index contributed by atoms with van der Waals surface area (Å²) in [5.74, 6) is -1.09. The molecule has 8 heteroatoms. The highest BCUT2D eigenvalue weighted by molar-refractivity contribution is 9.10. The van der Waals surface area contributed by atoms with E-state index in [2.05, 4.69) is 21.4 Å². The molecule has 0 unspecified atom stereocenters. The molecule has 1 N–H and O–H groups in total. The standard InChI is InChI=1S/C21H13BrN2O4S/c22-14-6-8-15(9-7-14)24-20(26)17(19(25)23-24)12-13-3-1-4-16(11-13)28-21(27)18-5-2-10-29-18/h1-12H,(H,23,25). The van der Waals surface area contributed by atoms with Crippen LogP contribution in [0, 0.1) is 0 Å². The third-order valence-corrected chi connectivity index (χ3v) is 5.46. The number of halogens is 1. The van der Waals surface area contributed by atoms with Crippen LogP contribution in [0.4, 0.5) is 5.69 Å². The molecule has 2 aromatic carbocycles. The predicted molar refractivity (Wildman–Crippen MR) is 113 cm³/mol. The zero-order valence-corrected chi connectivity index (χ0v) is 17.2. The first kappa shape index (κ1) is 19.1. The number of amides is 2. The maximum absolute atomic E-state index is 12.7. The molecular weight excluding hydrogens is 456 g/mol. The van der Waals surface area contributed by atoms with Gasteiger partial charge in [-0.1, -0.05) is 34.1 Å². The lowest BCUT2D eigenvalue weighted by Crippen LogP contribution is -2.35. The lowest BCUT2D eigenvalue weighted by atomic mass is 10.1. The molecule has 3 aromatic rings. The Labute approximate surface area is 178 Å². The Hall–Kier alpha value is -3.23. The van der Waals surface area contributed by atoms with Gasteiger partial charge in [-0.2, -0.15) is 0 Å². The van der Waals surface area contributed by atoms with Crippen molar-refractivity contribution in [2.45, 2.75) is 0 Å². The SMILES string of the molecule is O=C1NN(c2ccc(Br)cc2)C(=O)C1=Cc1cccc(OC(=O)c2cccs2)c1.